The Bertz CT molecular complexity index is 230. The summed E-state index contributed by atoms with van der Waals surface area (Å²) in [4.78, 5) is 11.3. The highest BCUT2D eigenvalue weighted by Crippen LogP contribution is 2.67. The molecule has 1 saturated carbocycles. The zero-order valence-corrected chi connectivity index (χ0v) is 9.85. The van der Waals surface area contributed by atoms with Gasteiger partial charge >= 0.3 is 0 Å². The van der Waals surface area contributed by atoms with E-state index in [4.69, 9.17) is 5.73 Å². The highest BCUT2D eigenvalue weighted by atomic mass is 16.2. The molecule has 0 aromatic rings. The normalized spacial score (nSPS) is 25.6. The van der Waals surface area contributed by atoms with Gasteiger partial charge in [0.1, 0.15) is 0 Å². The average molecular weight is 198 g/mol. The summed E-state index contributed by atoms with van der Waals surface area (Å²) in [6, 6.07) is -0.403. The van der Waals surface area contributed by atoms with Crippen molar-refractivity contribution in [3.8, 4) is 0 Å². The van der Waals surface area contributed by atoms with Gasteiger partial charge < -0.3 is 11.1 Å². The molecule has 3 nitrogen and oxygen atoms in total. The van der Waals surface area contributed by atoms with Gasteiger partial charge in [-0.2, -0.15) is 0 Å². The van der Waals surface area contributed by atoms with Crippen LogP contribution in [0.5, 0.6) is 0 Å². The molecule has 0 bridgehead atoms. The van der Waals surface area contributed by atoms with Crippen molar-refractivity contribution in [1.29, 1.82) is 0 Å². The number of nitrogens with one attached hydrogen (secondary N) is 1. The predicted molar refractivity (Wildman–Crippen MR) is 57.7 cm³/mol. The minimum atomic E-state index is -0.403. The van der Waals surface area contributed by atoms with Crippen molar-refractivity contribution in [2.45, 2.75) is 40.7 Å². The third kappa shape index (κ3) is 1.65. The van der Waals surface area contributed by atoms with Gasteiger partial charge in [0.25, 0.3) is 0 Å². The van der Waals surface area contributed by atoms with E-state index in [9.17, 15) is 4.79 Å². The molecule has 3 heteroatoms. The van der Waals surface area contributed by atoms with Crippen molar-refractivity contribution in [2.24, 2.45) is 22.5 Å². The largest absolute Gasteiger partial charge is 0.354 e. The van der Waals surface area contributed by atoms with Crippen LogP contribution in [0.3, 0.4) is 0 Å². The first-order valence-electron chi connectivity index (χ1n) is 5.24. The Labute approximate surface area is 86.4 Å². The quantitative estimate of drug-likeness (QED) is 0.714. The molecule has 0 heterocycles. The molecule has 0 aromatic carbocycles. The van der Waals surface area contributed by atoms with E-state index >= 15 is 0 Å². The first-order valence-corrected chi connectivity index (χ1v) is 5.24. The van der Waals surface area contributed by atoms with E-state index in [0.717, 1.165) is 6.54 Å². The maximum Gasteiger partial charge on any atom is 0.236 e. The van der Waals surface area contributed by atoms with Crippen LogP contribution in [-0.4, -0.2) is 18.5 Å². The van der Waals surface area contributed by atoms with Crippen molar-refractivity contribution < 1.29 is 4.79 Å². The Morgan fingerprint density at radius 1 is 1.36 bits per heavy atom. The smallest absolute Gasteiger partial charge is 0.236 e. The number of hydrogen-bond donors (Lipinski definition) is 2. The fourth-order valence-electron chi connectivity index (χ4n) is 2.21. The monoisotopic (exact) mass is 198 g/mol. The zero-order valence-electron chi connectivity index (χ0n) is 9.85. The molecular formula is C11H22N2O. The second kappa shape index (κ2) is 3.23. The van der Waals surface area contributed by atoms with Gasteiger partial charge in [0, 0.05) is 6.54 Å². The van der Waals surface area contributed by atoms with Crippen molar-refractivity contribution in [3.05, 3.63) is 0 Å². The molecule has 0 spiro atoms. The fourth-order valence-corrected chi connectivity index (χ4v) is 2.21. The summed E-state index contributed by atoms with van der Waals surface area (Å²) in [7, 11) is 0. The lowest BCUT2D eigenvalue weighted by atomic mass is 10.0. The predicted octanol–water partition coefficient (Wildman–Crippen LogP) is 1.13. The summed E-state index contributed by atoms with van der Waals surface area (Å²) < 4.78 is 0. The van der Waals surface area contributed by atoms with Gasteiger partial charge in [0.05, 0.1) is 6.04 Å². The molecule has 0 saturated heterocycles. The van der Waals surface area contributed by atoms with Crippen molar-refractivity contribution in [3.63, 3.8) is 0 Å². The Morgan fingerprint density at radius 3 is 2.07 bits per heavy atom. The fraction of sp³-hybridized carbons (Fsp3) is 0.909. The minimum Gasteiger partial charge on any atom is -0.354 e. The van der Waals surface area contributed by atoms with Crippen LogP contribution in [0.2, 0.25) is 0 Å². The lowest BCUT2D eigenvalue weighted by Gasteiger charge is -2.08. The lowest BCUT2D eigenvalue weighted by molar-refractivity contribution is -0.122. The molecule has 82 valence electrons. The molecule has 1 fully saturated rings. The first-order chi connectivity index (χ1) is 6.21. The van der Waals surface area contributed by atoms with Gasteiger partial charge in [-0.15, -0.1) is 0 Å². The molecule has 1 atom stereocenters. The molecular weight excluding hydrogens is 176 g/mol. The van der Waals surface area contributed by atoms with Crippen LogP contribution < -0.4 is 11.1 Å². The summed E-state index contributed by atoms with van der Waals surface area (Å²) in [5.74, 6) is 0.515. The molecule has 1 aliphatic rings. The van der Waals surface area contributed by atoms with Crippen molar-refractivity contribution in [1.82, 2.24) is 5.32 Å². The van der Waals surface area contributed by atoms with Crippen LogP contribution in [0.25, 0.3) is 0 Å². The Morgan fingerprint density at radius 2 is 1.79 bits per heavy atom. The van der Waals surface area contributed by atoms with Crippen LogP contribution >= 0.6 is 0 Å². The summed E-state index contributed by atoms with van der Waals surface area (Å²) in [5, 5.41) is 2.89. The molecule has 1 aliphatic carbocycles. The standard InChI is InChI=1S/C11H22N2O/c1-7(12)9(14)13-6-8-10(2,3)11(8,4)5/h7-8H,6,12H2,1-5H3,(H,13,14). The van der Waals surface area contributed by atoms with Gasteiger partial charge in [-0.05, 0) is 23.7 Å². The van der Waals surface area contributed by atoms with E-state index < -0.39 is 6.04 Å². The molecule has 14 heavy (non-hydrogen) atoms. The van der Waals surface area contributed by atoms with E-state index in [0.29, 0.717) is 16.7 Å². The summed E-state index contributed by atoms with van der Waals surface area (Å²) >= 11 is 0. The number of amides is 1. The molecule has 0 aliphatic heterocycles. The van der Waals surface area contributed by atoms with E-state index in [1.807, 2.05) is 0 Å². The lowest BCUT2D eigenvalue weighted by Crippen LogP contribution is -2.39. The van der Waals surface area contributed by atoms with E-state index in [-0.39, 0.29) is 5.91 Å². The molecule has 3 N–H and O–H groups in total. The van der Waals surface area contributed by atoms with E-state index in [1.54, 1.807) is 6.92 Å². The number of hydrogen-bond acceptors (Lipinski definition) is 2. The van der Waals surface area contributed by atoms with Crippen LogP contribution in [0.4, 0.5) is 0 Å². The average Bonchev–Trinajstić information content (AvgIpc) is 2.39. The van der Waals surface area contributed by atoms with E-state index in [1.165, 1.54) is 0 Å². The third-order valence-corrected chi connectivity index (χ3v) is 4.21. The topological polar surface area (TPSA) is 55.1 Å². The minimum absolute atomic E-state index is 0.0523. The molecule has 0 aromatic heterocycles. The molecule has 1 unspecified atom stereocenters. The van der Waals surface area contributed by atoms with Gasteiger partial charge in [0.2, 0.25) is 5.91 Å². The molecule has 0 radical (unpaired) electrons. The van der Waals surface area contributed by atoms with Gasteiger partial charge in [-0.1, -0.05) is 27.7 Å². The second-order valence-corrected chi connectivity index (χ2v) is 5.53. The van der Waals surface area contributed by atoms with Crippen LogP contribution in [-0.2, 0) is 4.79 Å². The Kier molecular flexibility index (Phi) is 2.65. The van der Waals surface area contributed by atoms with Crippen molar-refractivity contribution >= 4 is 5.91 Å². The Hall–Kier alpha value is -0.570. The van der Waals surface area contributed by atoms with Crippen molar-refractivity contribution in [2.75, 3.05) is 6.54 Å². The third-order valence-electron chi connectivity index (χ3n) is 4.21. The maximum atomic E-state index is 11.3. The van der Waals surface area contributed by atoms with Gasteiger partial charge in [-0.3, -0.25) is 4.79 Å². The number of carbonyl (C=O) groups excluding carboxylic acids is 1. The Balaban J connectivity index is 2.40. The first kappa shape index (κ1) is 11.5. The summed E-state index contributed by atoms with van der Waals surface area (Å²) in [6.45, 7) is 11.4. The highest BCUT2D eigenvalue weighted by molar-refractivity contribution is 5.81. The van der Waals surface area contributed by atoms with Gasteiger partial charge in [0.15, 0.2) is 0 Å². The summed E-state index contributed by atoms with van der Waals surface area (Å²) in [5.41, 5.74) is 6.13. The second-order valence-electron chi connectivity index (χ2n) is 5.53. The SMILES string of the molecule is CC(N)C(=O)NCC1C(C)(C)C1(C)C. The number of nitrogens with two attached hydrogens (primary N) is 1. The van der Waals surface area contributed by atoms with Gasteiger partial charge in [-0.25, -0.2) is 0 Å². The van der Waals surface area contributed by atoms with Crippen LogP contribution in [0.15, 0.2) is 0 Å². The van der Waals surface area contributed by atoms with E-state index in [2.05, 4.69) is 33.0 Å². The molecule has 1 amide bonds. The molecule has 1 rings (SSSR count). The zero-order chi connectivity index (χ0) is 11.1. The highest BCUT2D eigenvalue weighted by Gasteiger charge is 2.64. The van der Waals surface area contributed by atoms with Crippen LogP contribution in [0, 0.1) is 16.7 Å². The summed E-state index contributed by atoms with van der Waals surface area (Å²) in [6.07, 6.45) is 0. The number of carbonyl (C=O) groups is 1. The number of rotatable bonds is 3. The van der Waals surface area contributed by atoms with Crippen LogP contribution in [0.1, 0.15) is 34.6 Å². The maximum absolute atomic E-state index is 11.3.